The smallest absolute Gasteiger partial charge is 0.131 e. The molecule has 0 unspecified atom stereocenters. The molecule has 2 heterocycles. The average molecular weight is 308 g/mol. The van der Waals surface area contributed by atoms with E-state index in [1.807, 2.05) is 6.07 Å². The van der Waals surface area contributed by atoms with Crippen LogP contribution >= 0.6 is 0 Å². The van der Waals surface area contributed by atoms with E-state index in [9.17, 15) is 4.39 Å². The summed E-state index contributed by atoms with van der Waals surface area (Å²) in [6.07, 6.45) is 1.96. The molecule has 0 amide bonds. The van der Waals surface area contributed by atoms with Crippen molar-refractivity contribution < 1.29 is 13.9 Å². The average Bonchev–Trinajstić information content (AvgIpc) is 2.58. The van der Waals surface area contributed by atoms with Gasteiger partial charge < -0.3 is 14.8 Å². The SMILES string of the molecule is COc1cccc(F)c1[C@H](C1CCOCC1)N1CCNCC1. The van der Waals surface area contributed by atoms with Gasteiger partial charge in [-0.15, -0.1) is 0 Å². The predicted octanol–water partition coefficient (Wildman–Crippen LogP) is 2.21. The zero-order valence-electron chi connectivity index (χ0n) is 13.2. The fourth-order valence-corrected chi connectivity index (χ4v) is 3.69. The highest BCUT2D eigenvalue weighted by Gasteiger charge is 2.34. The van der Waals surface area contributed by atoms with Crippen LogP contribution in [0.2, 0.25) is 0 Å². The van der Waals surface area contributed by atoms with Gasteiger partial charge in [-0.05, 0) is 30.9 Å². The van der Waals surface area contributed by atoms with Crippen LogP contribution in [0, 0.1) is 11.7 Å². The molecular formula is C17H25FN2O2. The van der Waals surface area contributed by atoms with Crippen LogP contribution in [0.5, 0.6) is 5.75 Å². The maximum Gasteiger partial charge on any atom is 0.131 e. The summed E-state index contributed by atoms with van der Waals surface area (Å²) in [5, 5.41) is 3.38. The Morgan fingerprint density at radius 1 is 1.27 bits per heavy atom. The van der Waals surface area contributed by atoms with Crippen molar-refractivity contribution in [1.82, 2.24) is 10.2 Å². The van der Waals surface area contributed by atoms with Crippen molar-refractivity contribution in [2.24, 2.45) is 5.92 Å². The van der Waals surface area contributed by atoms with E-state index in [0.717, 1.165) is 57.8 Å². The van der Waals surface area contributed by atoms with Crippen LogP contribution in [-0.4, -0.2) is 51.4 Å². The molecule has 5 heteroatoms. The minimum atomic E-state index is -0.158. The van der Waals surface area contributed by atoms with E-state index in [1.54, 1.807) is 19.2 Å². The summed E-state index contributed by atoms with van der Waals surface area (Å²) in [5.74, 6) is 0.919. The largest absolute Gasteiger partial charge is 0.496 e. The molecule has 2 aliphatic rings. The topological polar surface area (TPSA) is 33.7 Å². The molecule has 122 valence electrons. The van der Waals surface area contributed by atoms with Crippen molar-refractivity contribution in [1.29, 1.82) is 0 Å². The zero-order chi connectivity index (χ0) is 15.4. The number of hydrogen-bond acceptors (Lipinski definition) is 4. The summed E-state index contributed by atoms with van der Waals surface area (Å²) in [6, 6.07) is 5.21. The molecule has 0 radical (unpaired) electrons. The number of rotatable bonds is 4. The van der Waals surface area contributed by atoms with Crippen LogP contribution in [0.1, 0.15) is 24.4 Å². The minimum absolute atomic E-state index is 0.0714. The van der Waals surface area contributed by atoms with Crippen LogP contribution in [0.15, 0.2) is 18.2 Å². The lowest BCUT2D eigenvalue weighted by molar-refractivity contribution is 0.0195. The van der Waals surface area contributed by atoms with Crippen molar-refractivity contribution >= 4 is 0 Å². The summed E-state index contributed by atoms with van der Waals surface area (Å²) in [6.45, 7) is 5.33. The summed E-state index contributed by atoms with van der Waals surface area (Å²) < 4.78 is 25.6. The number of nitrogens with zero attached hydrogens (tertiary/aromatic N) is 1. The summed E-state index contributed by atoms with van der Waals surface area (Å²) in [4.78, 5) is 2.41. The molecular weight excluding hydrogens is 283 g/mol. The van der Waals surface area contributed by atoms with E-state index in [0.29, 0.717) is 11.7 Å². The highest BCUT2D eigenvalue weighted by Crippen LogP contribution is 2.40. The number of hydrogen-bond donors (Lipinski definition) is 1. The van der Waals surface area contributed by atoms with Crippen LogP contribution in [0.3, 0.4) is 0 Å². The lowest BCUT2D eigenvalue weighted by Crippen LogP contribution is -2.47. The van der Waals surface area contributed by atoms with Crippen LogP contribution in [0.25, 0.3) is 0 Å². The van der Waals surface area contributed by atoms with E-state index in [1.165, 1.54) is 0 Å². The van der Waals surface area contributed by atoms with Gasteiger partial charge in [-0.1, -0.05) is 6.07 Å². The Bertz CT molecular complexity index is 468. The maximum absolute atomic E-state index is 14.6. The van der Waals surface area contributed by atoms with Crippen molar-refractivity contribution in [3.63, 3.8) is 0 Å². The Morgan fingerprint density at radius 3 is 2.68 bits per heavy atom. The number of ether oxygens (including phenoxy) is 2. The van der Waals surface area contributed by atoms with Crippen molar-refractivity contribution in [2.75, 3.05) is 46.5 Å². The number of benzene rings is 1. The molecule has 1 aromatic carbocycles. The van der Waals surface area contributed by atoms with Crippen LogP contribution < -0.4 is 10.1 Å². The Kier molecular flexibility index (Phi) is 5.28. The Labute approximate surface area is 131 Å². The van der Waals surface area contributed by atoms with Gasteiger partial charge in [0.2, 0.25) is 0 Å². The molecule has 0 saturated carbocycles. The first-order valence-electron chi connectivity index (χ1n) is 8.16. The standard InChI is InChI=1S/C17H25FN2O2/c1-21-15-4-2-3-14(18)16(15)17(13-5-11-22-12-6-13)20-9-7-19-8-10-20/h2-4,13,17,19H,5-12H2,1H3/t17-/m0/s1. The molecule has 1 aromatic rings. The molecule has 22 heavy (non-hydrogen) atoms. The molecule has 2 aliphatic heterocycles. The lowest BCUT2D eigenvalue weighted by atomic mass is 9.85. The van der Waals surface area contributed by atoms with Gasteiger partial charge in [-0.3, -0.25) is 4.90 Å². The van der Waals surface area contributed by atoms with E-state index in [2.05, 4.69) is 10.2 Å². The van der Waals surface area contributed by atoms with Crippen LogP contribution in [0.4, 0.5) is 4.39 Å². The lowest BCUT2D eigenvalue weighted by Gasteiger charge is -2.41. The summed E-state index contributed by atoms with van der Waals surface area (Å²) >= 11 is 0. The number of halogens is 1. The Balaban J connectivity index is 1.96. The van der Waals surface area contributed by atoms with E-state index in [-0.39, 0.29) is 11.9 Å². The van der Waals surface area contributed by atoms with Gasteiger partial charge in [0.05, 0.1) is 7.11 Å². The van der Waals surface area contributed by atoms with Crippen molar-refractivity contribution in [3.05, 3.63) is 29.6 Å². The first kappa shape index (κ1) is 15.7. The maximum atomic E-state index is 14.6. The van der Waals surface area contributed by atoms with Gasteiger partial charge in [0.25, 0.3) is 0 Å². The fraction of sp³-hybridized carbons (Fsp3) is 0.647. The van der Waals surface area contributed by atoms with Crippen molar-refractivity contribution in [3.8, 4) is 5.75 Å². The van der Waals surface area contributed by atoms with Gasteiger partial charge in [0.1, 0.15) is 11.6 Å². The molecule has 2 fully saturated rings. The third-order valence-electron chi connectivity index (χ3n) is 4.79. The predicted molar refractivity (Wildman–Crippen MR) is 83.7 cm³/mol. The first-order valence-corrected chi connectivity index (χ1v) is 8.16. The Morgan fingerprint density at radius 2 is 2.00 bits per heavy atom. The molecule has 0 aromatic heterocycles. The molecule has 0 spiro atoms. The number of methoxy groups -OCH3 is 1. The van der Waals surface area contributed by atoms with Gasteiger partial charge in [0.15, 0.2) is 0 Å². The summed E-state index contributed by atoms with van der Waals surface area (Å²) in [7, 11) is 1.62. The number of nitrogens with one attached hydrogen (secondary N) is 1. The third-order valence-corrected chi connectivity index (χ3v) is 4.79. The van der Waals surface area contributed by atoms with Gasteiger partial charge >= 0.3 is 0 Å². The zero-order valence-corrected chi connectivity index (χ0v) is 13.2. The monoisotopic (exact) mass is 308 g/mol. The van der Waals surface area contributed by atoms with E-state index >= 15 is 0 Å². The highest BCUT2D eigenvalue weighted by atomic mass is 19.1. The first-order chi connectivity index (χ1) is 10.8. The normalized spacial score (nSPS) is 22.5. The minimum Gasteiger partial charge on any atom is -0.496 e. The Hall–Kier alpha value is -1.17. The quantitative estimate of drug-likeness (QED) is 0.925. The van der Waals surface area contributed by atoms with Crippen LogP contribution in [-0.2, 0) is 4.74 Å². The second-order valence-electron chi connectivity index (χ2n) is 6.04. The second kappa shape index (κ2) is 7.40. The molecule has 3 rings (SSSR count). The highest BCUT2D eigenvalue weighted by molar-refractivity contribution is 5.38. The fourth-order valence-electron chi connectivity index (χ4n) is 3.69. The number of piperazine rings is 1. The molecule has 4 nitrogen and oxygen atoms in total. The van der Waals surface area contributed by atoms with E-state index < -0.39 is 0 Å². The van der Waals surface area contributed by atoms with Crippen molar-refractivity contribution in [2.45, 2.75) is 18.9 Å². The third kappa shape index (κ3) is 3.26. The molecule has 2 saturated heterocycles. The second-order valence-corrected chi connectivity index (χ2v) is 6.04. The van der Waals surface area contributed by atoms with E-state index in [4.69, 9.17) is 9.47 Å². The molecule has 0 bridgehead atoms. The van der Waals surface area contributed by atoms with Gasteiger partial charge in [-0.25, -0.2) is 4.39 Å². The molecule has 1 N–H and O–H groups in total. The van der Waals surface area contributed by atoms with Gasteiger partial charge in [0, 0.05) is 51.0 Å². The van der Waals surface area contributed by atoms with Gasteiger partial charge in [-0.2, -0.15) is 0 Å². The molecule has 0 aliphatic carbocycles. The molecule has 1 atom stereocenters. The summed E-state index contributed by atoms with van der Waals surface area (Å²) in [5.41, 5.74) is 0.721.